The van der Waals surface area contributed by atoms with E-state index in [-0.39, 0.29) is 11.4 Å². The Balaban J connectivity index is 2.33. The SMILES string of the molecule is CC(=O)OCCCCC#Cc1cc(=O)cc(C)o1. The Bertz CT molecular complexity index is 517. The van der Waals surface area contributed by atoms with Crippen molar-refractivity contribution in [1.29, 1.82) is 0 Å². The molecule has 0 aliphatic heterocycles. The van der Waals surface area contributed by atoms with E-state index in [0.29, 0.717) is 24.5 Å². The fourth-order valence-corrected chi connectivity index (χ4v) is 1.35. The van der Waals surface area contributed by atoms with Gasteiger partial charge in [0.15, 0.2) is 11.2 Å². The Morgan fingerprint density at radius 2 is 2.17 bits per heavy atom. The van der Waals surface area contributed by atoms with E-state index in [1.54, 1.807) is 6.92 Å². The lowest BCUT2D eigenvalue weighted by molar-refractivity contribution is -0.141. The smallest absolute Gasteiger partial charge is 0.302 e. The highest BCUT2D eigenvalue weighted by atomic mass is 16.5. The molecule has 0 atom stereocenters. The molecule has 0 amide bonds. The monoisotopic (exact) mass is 248 g/mol. The lowest BCUT2D eigenvalue weighted by Crippen LogP contribution is -1.99. The Morgan fingerprint density at radius 1 is 1.39 bits per heavy atom. The highest BCUT2D eigenvalue weighted by Crippen LogP contribution is 1.99. The fraction of sp³-hybridized carbons (Fsp3) is 0.429. The van der Waals surface area contributed by atoms with E-state index in [1.807, 2.05) is 0 Å². The van der Waals surface area contributed by atoms with Crippen LogP contribution in [0.5, 0.6) is 0 Å². The maximum atomic E-state index is 11.2. The first kappa shape index (κ1) is 14.0. The molecule has 0 saturated carbocycles. The van der Waals surface area contributed by atoms with Gasteiger partial charge in [-0.05, 0) is 25.7 Å². The zero-order chi connectivity index (χ0) is 13.4. The second-order valence-corrected chi connectivity index (χ2v) is 3.87. The molecular weight excluding hydrogens is 232 g/mol. The van der Waals surface area contributed by atoms with Gasteiger partial charge in [0, 0.05) is 25.5 Å². The molecule has 18 heavy (non-hydrogen) atoms. The number of hydrogen-bond acceptors (Lipinski definition) is 4. The lowest BCUT2D eigenvalue weighted by atomic mass is 10.2. The molecule has 0 unspecified atom stereocenters. The highest BCUT2D eigenvalue weighted by Gasteiger charge is 1.95. The molecule has 0 N–H and O–H groups in total. The van der Waals surface area contributed by atoms with E-state index < -0.39 is 0 Å². The van der Waals surface area contributed by atoms with Crippen molar-refractivity contribution in [2.24, 2.45) is 0 Å². The summed E-state index contributed by atoms with van der Waals surface area (Å²) >= 11 is 0. The van der Waals surface area contributed by atoms with Gasteiger partial charge < -0.3 is 9.15 Å². The van der Waals surface area contributed by atoms with Crippen LogP contribution in [0.2, 0.25) is 0 Å². The minimum absolute atomic E-state index is 0.0992. The molecular formula is C14H16O4. The van der Waals surface area contributed by atoms with E-state index in [0.717, 1.165) is 12.8 Å². The highest BCUT2D eigenvalue weighted by molar-refractivity contribution is 5.65. The van der Waals surface area contributed by atoms with Crippen LogP contribution in [0.1, 0.15) is 37.7 Å². The van der Waals surface area contributed by atoms with Gasteiger partial charge in [0.2, 0.25) is 0 Å². The van der Waals surface area contributed by atoms with Gasteiger partial charge in [0.05, 0.1) is 6.61 Å². The standard InChI is InChI=1S/C14H16O4/c1-11-9-13(16)10-14(18-11)7-5-3-4-6-8-17-12(2)15/h9-10H,3-4,6,8H2,1-2H3. The average Bonchev–Trinajstić information content (AvgIpc) is 2.26. The summed E-state index contributed by atoms with van der Waals surface area (Å²) in [5, 5.41) is 0. The Hall–Kier alpha value is -2.02. The molecule has 0 aliphatic carbocycles. The van der Waals surface area contributed by atoms with Crippen molar-refractivity contribution >= 4 is 5.97 Å². The molecule has 4 nitrogen and oxygen atoms in total. The fourth-order valence-electron chi connectivity index (χ4n) is 1.35. The maximum absolute atomic E-state index is 11.2. The third-order valence-corrected chi connectivity index (χ3v) is 2.10. The van der Waals surface area contributed by atoms with Crippen molar-refractivity contribution in [3.8, 4) is 11.8 Å². The van der Waals surface area contributed by atoms with Gasteiger partial charge in [-0.15, -0.1) is 0 Å². The van der Waals surface area contributed by atoms with E-state index in [1.165, 1.54) is 19.1 Å². The average molecular weight is 248 g/mol. The predicted molar refractivity (Wildman–Crippen MR) is 67.1 cm³/mol. The number of hydrogen-bond donors (Lipinski definition) is 0. The van der Waals surface area contributed by atoms with Crippen LogP contribution in [0, 0.1) is 18.8 Å². The zero-order valence-corrected chi connectivity index (χ0v) is 10.6. The molecule has 0 aliphatic rings. The number of carbonyl (C=O) groups excluding carboxylic acids is 1. The summed E-state index contributed by atoms with van der Waals surface area (Å²) in [5.41, 5.74) is -0.0992. The van der Waals surface area contributed by atoms with Crippen molar-refractivity contribution in [1.82, 2.24) is 0 Å². The van der Waals surface area contributed by atoms with E-state index in [4.69, 9.17) is 9.15 Å². The topological polar surface area (TPSA) is 56.5 Å². The summed E-state index contributed by atoms with van der Waals surface area (Å²) in [6.45, 7) is 3.53. The van der Waals surface area contributed by atoms with Crippen molar-refractivity contribution in [2.75, 3.05) is 6.61 Å². The number of aryl methyl sites for hydroxylation is 1. The van der Waals surface area contributed by atoms with Crippen molar-refractivity contribution < 1.29 is 13.9 Å². The Labute approximate surface area is 106 Å². The zero-order valence-electron chi connectivity index (χ0n) is 10.6. The summed E-state index contributed by atoms with van der Waals surface area (Å²) in [7, 11) is 0. The number of unbranched alkanes of at least 4 members (excludes halogenated alkanes) is 2. The van der Waals surface area contributed by atoms with Crippen LogP contribution in [0.25, 0.3) is 0 Å². The second-order valence-electron chi connectivity index (χ2n) is 3.87. The molecule has 0 radical (unpaired) electrons. The third-order valence-electron chi connectivity index (χ3n) is 2.10. The van der Waals surface area contributed by atoms with E-state index >= 15 is 0 Å². The Kier molecular flexibility index (Phi) is 5.72. The predicted octanol–water partition coefficient (Wildman–Crippen LogP) is 2.03. The molecule has 0 aromatic carbocycles. The van der Waals surface area contributed by atoms with Gasteiger partial charge >= 0.3 is 5.97 Å². The van der Waals surface area contributed by atoms with Gasteiger partial charge in [-0.25, -0.2) is 0 Å². The van der Waals surface area contributed by atoms with Crippen LogP contribution in [-0.4, -0.2) is 12.6 Å². The van der Waals surface area contributed by atoms with Crippen LogP contribution in [0.15, 0.2) is 21.3 Å². The number of ether oxygens (including phenoxy) is 1. The molecule has 0 spiro atoms. The normalized spacial score (nSPS) is 9.44. The molecule has 1 aromatic heterocycles. The number of carbonyl (C=O) groups is 1. The van der Waals surface area contributed by atoms with Gasteiger partial charge in [0.25, 0.3) is 0 Å². The third kappa shape index (κ3) is 5.90. The minimum atomic E-state index is -0.261. The molecule has 1 aromatic rings. The van der Waals surface area contributed by atoms with Crippen LogP contribution >= 0.6 is 0 Å². The Morgan fingerprint density at radius 3 is 2.83 bits per heavy atom. The molecule has 0 fully saturated rings. The van der Waals surface area contributed by atoms with Crippen LogP contribution in [-0.2, 0) is 9.53 Å². The quantitative estimate of drug-likeness (QED) is 0.465. The van der Waals surface area contributed by atoms with Crippen molar-refractivity contribution in [2.45, 2.75) is 33.1 Å². The number of rotatable bonds is 4. The van der Waals surface area contributed by atoms with Crippen LogP contribution in [0.4, 0.5) is 0 Å². The van der Waals surface area contributed by atoms with Gasteiger partial charge in [0.1, 0.15) is 5.76 Å². The summed E-state index contributed by atoms with van der Waals surface area (Å²) in [6.07, 6.45) is 2.31. The molecule has 96 valence electrons. The molecule has 4 heteroatoms. The lowest BCUT2D eigenvalue weighted by Gasteiger charge is -1.98. The van der Waals surface area contributed by atoms with E-state index in [9.17, 15) is 9.59 Å². The molecule has 1 heterocycles. The molecule has 1 rings (SSSR count). The maximum Gasteiger partial charge on any atom is 0.302 e. The van der Waals surface area contributed by atoms with Gasteiger partial charge in [-0.3, -0.25) is 9.59 Å². The van der Waals surface area contributed by atoms with Gasteiger partial charge in [-0.1, -0.05) is 5.92 Å². The summed E-state index contributed by atoms with van der Waals surface area (Å²) in [5.74, 6) is 6.41. The summed E-state index contributed by atoms with van der Waals surface area (Å²) in [6, 6.07) is 2.79. The van der Waals surface area contributed by atoms with Crippen molar-refractivity contribution in [3.63, 3.8) is 0 Å². The second kappa shape index (κ2) is 7.33. The van der Waals surface area contributed by atoms with Gasteiger partial charge in [-0.2, -0.15) is 0 Å². The van der Waals surface area contributed by atoms with Crippen LogP contribution in [0.3, 0.4) is 0 Å². The van der Waals surface area contributed by atoms with E-state index in [2.05, 4.69) is 11.8 Å². The minimum Gasteiger partial charge on any atom is -0.466 e. The first-order valence-corrected chi connectivity index (χ1v) is 5.82. The molecule has 0 bridgehead atoms. The first-order valence-electron chi connectivity index (χ1n) is 5.82. The summed E-state index contributed by atoms with van der Waals surface area (Å²) in [4.78, 5) is 21.7. The van der Waals surface area contributed by atoms with Crippen molar-refractivity contribution in [3.05, 3.63) is 33.9 Å². The number of esters is 1. The summed E-state index contributed by atoms with van der Waals surface area (Å²) < 4.78 is 10.1. The molecule has 0 saturated heterocycles. The first-order chi connectivity index (χ1) is 8.58. The van der Waals surface area contributed by atoms with Crippen LogP contribution < -0.4 is 5.43 Å². The largest absolute Gasteiger partial charge is 0.466 e.